The van der Waals surface area contributed by atoms with Crippen molar-refractivity contribution in [3.63, 3.8) is 0 Å². The number of aromatic nitrogens is 2. The highest BCUT2D eigenvalue weighted by Gasteiger charge is 2.13. The summed E-state index contributed by atoms with van der Waals surface area (Å²) in [5.74, 6) is 0.0349. The molecular weight excluding hydrogens is 347 g/mol. The fourth-order valence-corrected chi connectivity index (χ4v) is 2.40. The second-order valence-electron chi connectivity index (χ2n) is 7.10. The highest BCUT2D eigenvalue weighted by Crippen LogP contribution is 2.15. The number of nitrogens with zero attached hydrogens (tertiary/aromatic N) is 3. The van der Waals surface area contributed by atoms with Gasteiger partial charge in [0.05, 0.1) is 25.1 Å². The van der Waals surface area contributed by atoms with E-state index in [2.05, 4.69) is 25.9 Å². The first-order valence-corrected chi connectivity index (χ1v) is 8.88. The molecule has 0 bridgehead atoms. The molecule has 1 aromatic carbocycles. The molecule has 2 rings (SSSR count). The van der Waals surface area contributed by atoms with Crippen molar-refractivity contribution in [3.05, 3.63) is 48.3 Å². The Morgan fingerprint density at radius 3 is 2.67 bits per heavy atom. The monoisotopic (exact) mass is 374 g/mol. The van der Waals surface area contributed by atoms with E-state index in [1.807, 2.05) is 33.8 Å². The molecule has 146 valence electrons. The van der Waals surface area contributed by atoms with E-state index in [1.54, 1.807) is 29.4 Å². The minimum Gasteiger partial charge on any atom is -0.357 e. The largest absolute Gasteiger partial charge is 0.357 e. The van der Waals surface area contributed by atoms with Crippen LogP contribution in [-0.4, -0.2) is 40.0 Å². The van der Waals surface area contributed by atoms with Gasteiger partial charge in [0.2, 0.25) is 5.91 Å². The average molecular weight is 374 g/mol. The van der Waals surface area contributed by atoms with Crippen LogP contribution in [0.1, 0.15) is 33.3 Å². The molecule has 0 radical (unpaired) electrons. The number of hydrogen-bond donors (Lipinski definition) is 3. The SMILES string of the molecule is CCNC(=NCc1ccc(-n2ccnc2)c(F)c1)NCC(=O)NC(C)(C)C. The van der Waals surface area contributed by atoms with Gasteiger partial charge < -0.3 is 20.5 Å². The van der Waals surface area contributed by atoms with Gasteiger partial charge in [0.15, 0.2) is 5.96 Å². The van der Waals surface area contributed by atoms with Gasteiger partial charge in [-0.1, -0.05) is 6.07 Å². The lowest BCUT2D eigenvalue weighted by atomic mass is 10.1. The van der Waals surface area contributed by atoms with Crippen molar-refractivity contribution >= 4 is 11.9 Å². The van der Waals surface area contributed by atoms with Gasteiger partial charge in [0, 0.05) is 24.5 Å². The lowest BCUT2D eigenvalue weighted by Crippen LogP contribution is -2.48. The molecule has 0 saturated heterocycles. The summed E-state index contributed by atoms with van der Waals surface area (Å²) in [7, 11) is 0. The smallest absolute Gasteiger partial charge is 0.239 e. The van der Waals surface area contributed by atoms with Crippen molar-refractivity contribution in [1.82, 2.24) is 25.5 Å². The molecule has 2 aromatic rings. The molecule has 0 aliphatic carbocycles. The van der Waals surface area contributed by atoms with E-state index < -0.39 is 0 Å². The molecule has 7 nitrogen and oxygen atoms in total. The highest BCUT2D eigenvalue weighted by molar-refractivity contribution is 5.86. The molecule has 0 saturated carbocycles. The number of imidazole rings is 1. The van der Waals surface area contributed by atoms with E-state index >= 15 is 0 Å². The predicted molar refractivity (Wildman–Crippen MR) is 104 cm³/mol. The van der Waals surface area contributed by atoms with Crippen LogP contribution in [0, 0.1) is 5.82 Å². The van der Waals surface area contributed by atoms with E-state index in [0.717, 1.165) is 5.56 Å². The second kappa shape index (κ2) is 9.16. The van der Waals surface area contributed by atoms with Crippen LogP contribution in [0.4, 0.5) is 4.39 Å². The number of guanidine groups is 1. The van der Waals surface area contributed by atoms with Gasteiger partial charge in [-0.3, -0.25) is 4.79 Å². The van der Waals surface area contributed by atoms with E-state index in [-0.39, 0.29) is 30.4 Å². The molecule has 1 aromatic heterocycles. The number of carbonyl (C=O) groups excluding carboxylic acids is 1. The summed E-state index contributed by atoms with van der Waals surface area (Å²) in [5.41, 5.74) is 0.875. The molecule has 27 heavy (non-hydrogen) atoms. The van der Waals surface area contributed by atoms with Crippen LogP contribution in [-0.2, 0) is 11.3 Å². The molecule has 8 heteroatoms. The second-order valence-corrected chi connectivity index (χ2v) is 7.10. The molecular formula is C19H27FN6O. The molecule has 0 aliphatic rings. The summed E-state index contributed by atoms with van der Waals surface area (Å²) >= 11 is 0. The highest BCUT2D eigenvalue weighted by atomic mass is 19.1. The number of rotatable bonds is 6. The molecule has 0 unspecified atom stereocenters. The van der Waals surface area contributed by atoms with Gasteiger partial charge in [0.25, 0.3) is 0 Å². The molecule has 0 atom stereocenters. The van der Waals surface area contributed by atoms with Gasteiger partial charge in [-0.15, -0.1) is 0 Å². The standard InChI is InChI=1S/C19H27FN6O/c1-5-22-18(24-12-17(27)25-19(2,3)4)23-11-14-6-7-16(15(20)10-14)26-9-8-21-13-26/h6-10,13H,5,11-12H2,1-4H3,(H,25,27)(H2,22,23,24). The Bertz CT molecular complexity index is 780. The first-order chi connectivity index (χ1) is 12.8. The summed E-state index contributed by atoms with van der Waals surface area (Å²) in [6.45, 7) is 8.76. The third-order valence-corrected chi connectivity index (χ3v) is 3.49. The Morgan fingerprint density at radius 2 is 2.07 bits per heavy atom. The van der Waals surface area contributed by atoms with E-state index in [1.165, 1.54) is 6.07 Å². The quantitative estimate of drug-likeness (QED) is 0.533. The first-order valence-electron chi connectivity index (χ1n) is 8.88. The van der Waals surface area contributed by atoms with Gasteiger partial charge in [-0.25, -0.2) is 14.4 Å². The number of amides is 1. The normalized spacial score (nSPS) is 12.0. The van der Waals surface area contributed by atoms with Gasteiger partial charge >= 0.3 is 0 Å². The molecule has 0 aliphatic heterocycles. The topological polar surface area (TPSA) is 83.3 Å². The van der Waals surface area contributed by atoms with Gasteiger partial charge in [-0.05, 0) is 45.4 Å². The molecule has 1 amide bonds. The van der Waals surface area contributed by atoms with Crippen molar-refractivity contribution in [3.8, 4) is 5.69 Å². The summed E-state index contributed by atoms with van der Waals surface area (Å²) in [4.78, 5) is 20.3. The van der Waals surface area contributed by atoms with Crippen molar-refractivity contribution in [2.45, 2.75) is 39.8 Å². The zero-order chi connectivity index (χ0) is 19.9. The number of carbonyl (C=O) groups is 1. The first kappa shape index (κ1) is 20.4. The Morgan fingerprint density at radius 1 is 1.30 bits per heavy atom. The predicted octanol–water partition coefficient (Wildman–Crippen LogP) is 1.98. The summed E-state index contributed by atoms with van der Waals surface area (Å²) in [5, 5.41) is 8.93. The molecule has 0 fully saturated rings. The van der Waals surface area contributed by atoms with E-state index in [0.29, 0.717) is 18.2 Å². The number of aliphatic imine (C=N–C) groups is 1. The Kier molecular flexibility index (Phi) is 6.92. The molecule has 1 heterocycles. The minimum absolute atomic E-state index is 0.108. The molecule has 3 N–H and O–H groups in total. The van der Waals surface area contributed by atoms with E-state index in [9.17, 15) is 9.18 Å². The number of hydrogen-bond acceptors (Lipinski definition) is 3. The van der Waals surface area contributed by atoms with Crippen molar-refractivity contribution in [2.24, 2.45) is 4.99 Å². The van der Waals surface area contributed by atoms with Crippen molar-refractivity contribution < 1.29 is 9.18 Å². The zero-order valence-corrected chi connectivity index (χ0v) is 16.2. The maximum Gasteiger partial charge on any atom is 0.239 e. The maximum absolute atomic E-state index is 14.3. The minimum atomic E-state index is -0.344. The van der Waals surface area contributed by atoms with Crippen molar-refractivity contribution in [2.75, 3.05) is 13.1 Å². The van der Waals surface area contributed by atoms with Crippen LogP contribution < -0.4 is 16.0 Å². The van der Waals surface area contributed by atoms with Crippen LogP contribution in [0.5, 0.6) is 0 Å². The zero-order valence-electron chi connectivity index (χ0n) is 16.2. The third-order valence-electron chi connectivity index (χ3n) is 3.49. The maximum atomic E-state index is 14.3. The fraction of sp³-hybridized carbons (Fsp3) is 0.421. The van der Waals surface area contributed by atoms with Crippen LogP contribution in [0.15, 0.2) is 41.9 Å². The Labute approximate surface area is 159 Å². The third kappa shape index (κ3) is 6.73. The van der Waals surface area contributed by atoms with E-state index in [4.69, 9.17) is 0 Å². The molecule has 0 spiro atoms. The van der Waals surface area contributed by atoms with Gasteiger partial charge in [-0.2, -0.15) is 0 Å². The van der Waals surface area contributed by atoms with Crippen molar-refractivity contribution in [1.29, 1.82) is 0 Å². The Balaban J connectivity index is 1.99. The lowest BCUT2D eigenvalue weighted by molar-refractivity contribution is -0.121. The van der Waals surface area contributed by atoms with Gasteiger partial charge in [0.1, 0.15) is 5.82 Å². The van der Waals surface area contributed by atoms with Crippen LogP contribution >= 0.6 is 0 Å². The fourth-order valence-electron chi connectivity index (χ4n) is 2.40. The summed E-state index contributed by atoms with van der Waals surface area (Å²) in [6.07, 6.45) is 4.83. The average Bonchev–Trinajstić information content (AvgIpc) is 3.10. The Hall–Kier alpha value is -2.90. The lowest BCUT2D eigenvalue weighted by Gasteiger charge is -2.21. The summed E-state index contributed by atoms with van der Waals surface area (Å²) in [6, 6.07) is 4.96. The number of benzene rings is 1. The number of halogens is 1. The van der Waals surface area contributed by atoms with Crippen LogP contribution in [0.2, 0.25) is 0 Å². The van der Waals surface area contributed by atoms with Crippen LogP contribution in [0.3, 0.4) is 0 Å². The van der Waals surface area contributed by atoms with Crippen LogP contribution in [0.25, 0.3) is 5.69 Å². The summed E-state index contributed by atoms with van der Waals surface area (Å²) < 4.78 is 15.9. The number of nitrogens with one attached hydrogen (secondary N) is 3.